The zero-order valence-corrected chi connectivity index (χ0v) is 12.8. The quantitative estimate of drug-likeness (QED) is 0.490. The van der Waals surface area contributed by atoms with Gasteiger partial charge in [-0.15, -0.1) is 4.40 Å². The van der Waals surface area contributed by atoms with Gasteiger partial charge < -0.3 is 5.11 Å². The highest BCUT2D eigenvalue weighted by atomic mass is 32.2. The van der Waals surface area contributed by atoms with Gasteiger partial charge in [0.25, 0.3) is 15.7 Å². The number of sulfonamides is 1. The second-order valence-corrected chi connectivity index (χ2v) is 6.35. The number of rotatable bonds is 3. The fourth-order valence-corrected chi connectivity index (χ4v) is 3.28. The van der Waals surface area contributed by atoms with Crippen LogP contribution in [-0.2, 0) is 10.0 Å². The fraction of sp³-hybridized carbons (Fsp3) is 0. The number of nitro groups is 1. The third kappa shape index (κ3) is 2.82. The lowest BCUT2D eigenvalue weighted by atomic mass is 10.2. The van der Waals surface area contributed by atoms with Crippen LogP contribution in [0.25, 0.3) is 0 Å². The summed E-state index contributed by atoms with van der Waals surface area (Å²) in [7, 11) is -3.76. The van der Waals surface area contributed by atoms with Gasteiger partial charge in [-0.1, -0.05) is 12.1 Å². The predicted octanol–water partition coefficient (Wildman–Crippen LogP) is 1.37. The maximum Gasteiger partial charge on any atom is 0.285 e. The van der Waals surface area contributed by atoms with Crippen molar-refractivity contribution in [1.29, 1.82) is 0 Å². The van der Waals surface area contributed by atoms with Gasteiger partial charge in [0.15, 0.2) is 5.84 Å². The lowest BCUT2D eigenvalue weighted by Crippen LogP contribution is -2.17. The molecule has 24 heavy (non-hydrogen) atoms. The Morgan fingerprint density at radius 1 is 1.25 bits per heavy atom. The molecule has 3 rings (SSSR count). The number of hydrazone groups is 1. The molecule has 0 saturated heterocycles. The van der Waals surface area contributed by atoms with Gasteiger partial charge in [0.1, 0.15) is 10.6 Å². The van der Waals surface area contributed by atoms with E-state index >= 15 is 0 Å². The molecule has 1 aliphatic heterocycles. The van der Waals surface area contributed by atoms with Crippen LogP contribution >= 0.6 is 0 Å². The minimum absolute atomic E-state index is 0.0340. The molecule has 0 saturated carbocycles. The second kappa shape index (κ2) is 5.74. The predicted molar refractivity (Wildman–Crippen MR) is 85.7 cm³/mol. The van der Waals surface area contributed by atoms with Crippen LogP contribution in [0.3, 0.4) is 0 Å². The van der Waals surface area contributed by atoms with E-state index in [0.717, 1.165) is 18.3 Å². The van der Waals surface area contributed by atoms with Crippen LogP contribution in [0.4, 0.5) is 5.69 Å². The number of nitro benzene ring substituents is 1. The number of fused-ring (bicyclic) bond motifs is 1. The maximum atomic E-state index is 11.9. The summed E-state index contributed by atoms with van der Waals surface area (Å²) >= 11 is 0. The second-order valence-electron chi connectivity index (χ2n) is 4.78. The number of phenolic OH excluding ortho intramolecular Hbond substituents is 1. The minimum Gasteiger partial charge on any atom is -0.507 e. The number of aromatic hydroxyl groups is 1. The first-order valence-electron chi connectivity index (χ1n) is 6.59. The van der Waals surface area contributed by atoms with Gasteiger partial charge >= 0.3 is 0 Å². The summed E-state index contributed by atoms with van der Waals surface area (Å²) in [4.78, 5) is 10.2. The van der Waals surface area contributed by atoms with Crippen molar-refractivity contribution in [3.8, 4) is 5.75 Å². The Bertz CT molecular complexity index is 998. The van der Waals surface area contributed by atoms with Crippen molar-refractivity contribution in [2.24, 2.45) is 9.50 Å². The SMILES string of the molecule is O=[N+]([O-])c1ccc(O)c(/C=N/NC2=NS(=O)(=O)c3ccccc32)c1. The van der Waals surface area contributed by atoms with E-state index < -0.39 is 14.9 Å². The molecule has 122 valence electrons. The summed E-state index contributed by atoms with van der Waals surface area (Å²) in [6.07, 6.45) is 1.14. The smallest absolute Gasteiger partial charge is 0.285 e. The molecular weight excluding hydrogens is 336 g/mol. The van der Waals surface area contributed by atoms with E-state index in [0.29, 0.717) is 5.56 Å². The number of nitrogens with zero attached hydrogens (tertiary/aromatic N) is 3. The van der Waals surface area contributed by atoms with Crippen LogP contribution in [0.1, 0.15) is 11.1 Å². The molecule has 0 aliphatic carbocycles. The van der Waals surface area contributed by atoms with Gasteiger partial charge in [0, 0.05) is 23.3 Å². The molecule has 0 aromatic heterocycles. The first-order valence-corrected chi connectivity index (χ1v) is 8.03. The molecule has 10 heteroatoms. The normalized spacial score (nSPS) is 15.1. The van der Waals surface area contributed by atoms with Crippen molar-refractivity contribution < 1.29 is 18.4 Å². The van der Waals surface area contributed by atoms with Gasteiger partial charge in [-0.25, -0.2) is 0 Å². The Balaban J connectivity index is 1.86. The summed E-state index contributed by atoms with van der Waals surface area (Å²) < 4.78 is 27.3. The number of phenols is 1. The third-order valence-electron chi connectivity index (χ3n) is 3.23. The zero-order valence-electron chi connectivity index (χ0n) is 11.9. The molecule has 0 amide bonds. The monoisotopic (exact) mass is 346 g/mol. The molecule has 1 heterocycles. The van der Waals surface area contributed by atoms with Crippen LogP contribution in [0.15, 0.2) is 56.9 Å². The fourth-order valence-electron chi connectivity index (χ4n) is 2.11. The standard InChI is InChI=1S/C14H10N4O5S/c19-12-6-5-10(18(20)21)7-9(12)8-15-16-14-11-3-1-2-4-13(11)24(22,23)17-14/h1-8,19H,(H,16,17)/b15-8+. The number of amidine groups is 1. The first kappa shape index (κ1) is 15.6. The van der Waals surface area contributed by atoms with Crippen LogP contribution in [0.2, 0.25) is 0 Å². The van der Waals surface area contributed by atoms with Crippen molar-refractivity contribution >= 4 is 27.8 Å². The molecular formula is C14H10N4O5S. The van der Waals surface area contributed by atoms with E-state index in [1.807, 2.05) is 0 Å². The molecule has 0 spiro atoms. The number of non-ortho nitro benzene ring substituents is 1. The minimum atomic E-state index is -3.76. The molecule has 1 aliphatic rings. The Kier molecular flexibility index (Phi) is 3.73. The van der Waals surface area contributed by atoms with Crippen LogP contribution in [-0.4, -0.2) is 30.5 Å². The molecule has 2 N–H and O–H groups in total. The van der Waals surface area contributed by atoms with Gasteiger partial charge in [-0.3, -0.25) is 15.5 Å². The van der Waals surface area contributed by atoms with Gasteiger partial charge in [0.2, 0.25) is 0 Å². The van der Waals surface area contributed by atoms with Crippen molar-refractivity contribution in [3.05, 3.63) is 63.7 Å². The highest BCUT2D eigenvalue weighted by Crippen LogP contribution is 2.25. The first-order chi connectivity index (χ1) is 11.4. The van der Waals surface area contributed by atoms with E-state index in [9.17, 15) is 23.6 Å². The maximum absolute atomic E-state index is 11.9. The van der Waals surface area contributed by atoms with E-state index in [1.165, 1.54) is 12.1 Å². The third-order valence-corrected chi connectivity index (χ3v) is 4.56. The lowest BCUT2D eigenvalue weighted by Gasteiger charge is -2.01. The molecule has 2 aromatic rings. The van der Waals surface area contributed by atoms with Gasteiger partial charge in [-0.2, -0.15) is 13.5 Å². The number of nitrogens with one attached hydrogen (secondary N) is 1. The van der Waals surface area contributed by atoms with Crippen LogP contribution in [0, 0.1) is 10.1 Å². The van der Waals surface area contributed by atoms with Gasteiger partial charge in [0.05, 0.1) is 11.1 Å². The summed E-state index contributed by atoms with van der Waals surface area (Å²) in [5, 5.41) is 24.2. The summed E-state index contributed by atoms with van der Waals surface area (Å²) in [5.41, 5.74) is 2.75. The van der Waals surface area contributed by atoms with Crippen molar-refractivity contribution in [2.75, 3.05) is 0 Å². The Morgan fingerprint density at radius 2 is 2.00 bits per heavy atom. The molecule has 9 nitrogen and oxygen atoms in total. The zero-order chi connectivity index (χ0) is 17.3. The Hall–Kier alpha value is -3.27. The molecule has 0 radical (unpaired) electrons. The topological polar surface area (TPSA) is 134 Å². The number of hydrogen-bond donors (Lipinski definition) is 2. The van der Waals surface area contributed by atoms with E-state index in [4.69, 9.17) is 0 Å². The Labute approximate surface area is 136 Å². The molecule has 0 unspecified atom stereocenters. The largest absolute Gasteiger partial charge is 0.507 e. The van der Waals surface area contributed by atoms with E-state index in [2.05, 4.69) is 14.9 Å². The Morgan fingerprint density at radius 3 is 2.75 bits per heavy atom. The highest BCUT2D eigenvalue weighted by Gasteiger charge is 2.28. The van der Waals surface area contributed by atoms with Crippen LogP contribution in [0.5, 0.6) is 5.75 Å². The van der Waals surface area contributed by atoms with E-state index in [1.54, 1.807) is 18.2 Å². The van der Waals surface area contributed by atoms with Crippen LogP contribution < -0.4 is 5.43 Å². The summed E-state index contributed by atoms with van der Waals surface area (Å²) in [5.74, 6) is -0.167. The van der Waals surface area contributed by atoms with Crippen molar-refractivity contribution in [2.45, 2.75) is 4.90 Å². The number of benzene rings is 2. The summed E-state index contributed by atoms with van der Waals surface area (Å²) in [6, 6.07) is 9.72. The highest BCUT2D eigenvalue weighted by molar-refractivity contribution is 7.90. The van der Waals surface area contributed by atoms with Gasteiger partial charge in [-0.05, 0) is 18.2 Å². The molecule has 0 fully saturated rings. The van der Waals surface area contributed by atoms with Crippen molar-refractivity contribution in [3.63, 3.8) is 0 Å². The molecule has 2 aromatic carbocycles. The molecule has 0 bridgehead atoms. The summed E-state index contributed by atoms with van der Waals surface area (Å²) in [6.45, 7) is 0. The average molecular weight is 346 g/mol. The average Bonchev–Trinajstić information content (AvgIpc) is 2.80. The lowest BCUT2D eigenvalue weighted by molar-refractivity contribution is -0.384. The van der Waals surface area contributed by atoms with E-state index in [-0.39, 0.29) is 27.7 Å². The number of hydrogen-bond acceptors (Lipinski definition) is 7. The van der Waals surface area contributed by atoms with Crippen molar-refractivity contribution in [1.82, 2.24) is 5.43 Å². The molecule has 0 atom stereocenters.